The van der Waals surface area contributed by atoms with Crippen LogP contribution >= 0.6 is 0 Å². The molecule has 0 saturated heterocycles. The monoisotopic (exact) mass is 294 g/mol. The number of aldehydes is 1. The van der Waals surface area contributed by atoms with E-state index in [4.69, 9.17) is 0 Å². The minimum absolute atomic E-state index is 0.219. The molecule has 0 heterocycles. The van der Waals surface area contributed by atoms with E-state index in [0.29, 0.717) is 17.4 Å². The fraction of sp³-hybridized carbons (Fsp3) is 0.188. The SMILES string of the molecule is CC(O)(c1ccc(-c2ccc(C=O)cc2)cc1)C(F)(F)F. The highest BCUT2D eigenvalue weighted by atomic mass is 19.4. The van der Waals surface area contributed by atoms with Gasteiger partial charge < -0.3 is 5.11 Å². The van der Waals surface area contributed by atoms with Gasteiger partial charge in [-0.1, -0.05) is 48.5 Å². The number of hydrogen-bond acceptors (Lipinski definition) is 2. The first-order valence-electron chi connectivity index (χ1n) is 6.21. The van der Waals surface area contributed by atoms with E-state index in [2.05, 4.69) is 0 Å². The summed E-state index contributed by atoms with van der Waals surface area (Å²) in [6.07, 6.45) is -4.02. The Balaban J connectivity index is 2.32. The highest BCUT2D eigenvalue weighted by Crippen LogP contribution is 2.38. The summed E-state index contributed by atoms with van der Waals surface area (Å²) in [5.74, 6) is 0. The number of hydrogen-bond donors (Lipinski definition) is 1. The highest BCUT2D eigenvalue weighted by molar-refractivity contribution is 5.76. The van der Waals surface area contributed by atoms with Crippen molar-refractivity contribution in [1.29, 1.82) is 0 Å². The average molecular weight is 294 g/mol. The minimum Gasteiger partial charge on any atom is -0.376 e. The summed E-state index contributed by atoms with van der Waals surface area (Å²) >= 11 is 0. The summed E-state index contributed by atoms with van der Waals surface area (Å²) in [6.45, 7) is 0.723. The van der Waals surface area contributed by atoms with Crippen molar-refractivity contribution in [3.63, 3.8) is 0 Å². The van der Waals surface area contributed by atoms with Crippen molar-refractivity contribution in [2.45, 2.75) is 18.7 Å². The molecule has 110 valence electrons. The highest BCUT2D eigenvalue weighted by Gasteiger charge is 2.51. The van der Waals surface area contributed by atoms with Gasteiger partial charge in [0.2, 0.25) is 0 Å². The zero-order valence-electron chi connectivity index (χ0n) is 11.2. The zero-order chi connectivity index (χ0) is 15.7. The molecule has 1 N–H and O–H groups in total. The number of alkyl halides is 3. The Bertz CT molecular complexity index is 626. The van der Waals surface area contributed by atoms with Crippen LogP contribution in [0.5, 0.6) is 0 Å². The molecule has 0 spiro atoms. The normalized spacial score (nSPS) is 14.5. The molecule has 2 aromatic rings. The molecule has 0 aliphatic rings. The van der Waals surface area contributed by atoms with E-state index in [1.54, 1.807) is 24.3 Å². The summed E-state index contributed by atoms with van der Waals surface area (Å²) in [5, 5.41) is 9.59. The Hall–Kier alpha value is -2.14. The van der Waals surface area contributed by atoms with Crippen molar-refractivity contribution in [3.8, 4) is 11.1 Å². The molecule has 0 aliphatic heterocycles. The third-order valence-corrected chi connectivity index (χ3v) is 3.38. The molecule has 5 heteroatoms. The molecule has 0 saturated carbocycles. The van der Waals surface area contributed by atoms with Gasteiger partial charge in [-0.05, 0) is 23.6 Å². The first-order valence-corrected chi connectivity index (χ1v) is 6.21. The van der Waals surface area contributed by atoms with Crippen LogP contribution in [0.3, 0.4) is 0 Å². The molecule has 0 aromatic heterocycles. The van der Waals surface area contributed by atoms with Crippen LogP contribution in [0, 0.1) is 0 Å². The van der Waals surface area contributed by atoms with Gasteiger partial charge in [0.25, 0.3) is 0 Å². The van der Waals surface area contributed by atoms with Crippen LogP contribution in [0.4, 0.5) is 13.2 Å². The maximum absolute atomic E-state index is 12.7. The average Bonchev–Trinajstić information content (AvgIpc) is 2.46. The van der Waals surface area contributed by atoms with E-state index < -0.39 is 11.8 Å². The molecule has 0 amide bonds. The summed E-state index contributed by atoms with van der Waals surface area (Å²) in [5.41, 5.74) is -1.10. The van der Waals surface area contributed by atoms with Gasteiger partial charge in [0.15, 0.2) is 5.60 Å². The molecule has 0 fully saturated rings. The molecule has 21 heavy (non-hydrogen) atoms. The van der Waals surface area contributed by atoms with Gasteiger partial charge in [0.05, 0.1) is 0 Å². The minimum atomic E-state index is -4.74. The van der Waals surface area contributed by atoms with Crippen molar-refractivity contribution >= 4 is 6.29 Å². The van der Waals surface area contributed by atoms with Crippen LogP contribution in [0.15, 0.2) is 48.5 Å². The Labute approximate surface area is 119 Å². The fourth-order valence-electron chi connectivity index (χ4n) is 1.91. The molecule has 1 unspecified atom stereocenters. The standard InChI is InChI=1S/C16H13F3O2/c1-15(21,16(17,18)19)14-8-6-13(7-9-14)12-4-2-11(10-20)3-5-12/h2-10,21H,1H3. The lowest BCUT2D eigenvalue weighted by Gasteiger charge is -2.26. The second-order valence-corrected chi connectivity index (χ2v) is 4.89. The maximum Gasteiger partial charge on any atom is 0.421 e. The number of carbonyl (C=O) groups excluding carboxylic acids is 1. The quantitative estimate of drug-likeness (QED) is 0.871. The Morgan fingerprint density at radius 3 is 1.71 bits per heavy atom. The summed E-state index contributed by atoms with van der Waals surface area (Å²) in [6, 6.07) is 12.2. The summed E-state index contributed by atoms with van der Waals surface area (Å²) in [4.78, 5) is 10.6. The van der Waals surface area contributed by atoms with E-state index >= 15 is 0 Å². The van der Waals surface area contributed by atoms with Crippen molar-refractivity contribution in [2.75, 3.05) is 0 Å². The van der Waals surface area contributed by atoms with Gasteiger partial charge in [-0.15, -0.1) is 0 Å². The largest absolute Gasteiger partial charge is 0.421 e. The van der Waals surface area contributed by atoms with Crippen LogP contribution in [-0.4, -0.2) is 17.6 Å². The molecule has 1 atom stereocenters. The van der Waals surface area contributed by atoms with Gasteiger partial charge in [-0.2, -0.15) is 13.2 Å². The number of aliphatic hydroxyl groups is 1. The van der Waals surface area contributed by atoms with Crippen LogP contribution in [-0.2, 0) is 5.60 Å². The first-order chi connectivity index (χ1) is 9.75. The predicted molar refractivity (Wildman–Crippen MR) is 72.9 cm³/mol. The summed E-state index contributed by atoms with van der Waals surface area (Å²) in [7, 11) is 0. The van der Waals surface area contributed by atoms with Crippen molar-refractivity contribution in [1.82, 2.24) is 0 Å². The maximum atomic E-state index is 12.7. The fourth-order valence-corrected chi connectivity index (χ4v) is 1.91. The van der Waals surface area contributed by atoms with Gasteiger partial charge >= 0.3 is 6.18 Å². The number of halogens is 3. The lowest BCUT2D eigenvalue weighted by Crippen LogP contribution is -2.39. The summed E-state index contributed by atoms with van der Waals surface area (Å²) < 4.78 is 38.2. The van der Waals surface area contributed by atoms with Crippen molar-refractivity contribution in [3.05, 3.63) is 59.7 Å². The molecular weight excluding hydrogens is 281 g/mol. The number of carbonyl (C=O) groups is 1. The zero-order valence-corrected chi connectivity index (χ0v) is 11.2. The van der Waals surface area contributed by atoms with E-state index in [0.717, 1.165) is 12.5 Å². The van der Waals surface area contributed by atoms with Crippen LogP contribution < -0.4 is 0 Å². The topological polar surface area (TPSA) is 37.3 Å². The van der Waals surface area contributed by atoms with Crippen LogP contribution in [0.25, 0.3) is 11.1 Å². The van der Waals surface area contributed by atoms with Gasteiger partial charge in [0, 0.05) is 5.56 Å². The lowest BCUT2D eigenvalue weighted by atomic mass is 9.93. The molecule has 2 nitrogen and oxygen atoms in total. The number of benzene rings is 2. The Kier molecular flexibility index (Phi) is 3.87. The smallest absolute Gasteiger partial charge is 0.376 e. The van der Waals surface area contributed by atoms with E-state index in [1.807, 2.05) is 0 Å². The van der Waals surface area contributed by atoms with Gasteiger partial charge in [0.1, 0.15) is 6.29 Å². The third-order valence-electron chi connectivity index (χ3n) is 3.38. The second kappa shape index (κ2) is 5.33. The molecule has 0 radical (unpaired) electrons. The molecule has 2 rings (SSSR count). The van der Waals surface area contributed by atoms with E-state index in [-0.39, 0.29) is 5.56 Å². The number of rotatable bonds is 3. The van der Waals surface area contributed by atoms with Gasteiger partial charge in [-0.25, -0.2) is 0 Å². The molecular formula is C16H13F3O2. The Morgan fingerprint density at radius 1 is 0.905 bits per heavy atom. The van der Waals surface area contributed by atoms with Crippen LogP contribution in [0.1, 0.15) is 22.8 Å². The Morgan fingerprint density at radius 2 is 1.33 bits per heavy atom. The molecule has 0 bridgehead atoms. The third kappa shape index (κ3) is 2.97. The van der Waals surface area contributed by atoms with Gasteiger partial charge in [-0.3, -0.25) is 4.79 Å². The van der Waals surface area contributed by atoms with E-state index in [1.165, 1.54) is 24.3 Å². The molecule has 2 aromatic carbocycles. The van der Waals surface area contributed by atoms with Crippen LogP contribution in [0.2, 0.25) is 0 Å². The van der Waals surface area contributed by atoms with Crippen molar-refractivity contribution < 1.29 is 23.1 Å². The second-order valence-electron chi connectivity index (χ2n) is 4.89. The first kappa shape index (κ1) is 15.3. The van der Waals surface area contributed by atoms with Crippen molar-refractivity contribution in [2.24, 2.45) is 0 Å². The lowest BCUT2D eigenvalue weighted by molar-refractivity contribution is -0.258. The molecule has 0 aliphatic carbocycles. The predicted octanol–water partition coefficient (Wildman–Crippen LogP) is 3.94. The van der Waals surface area contributed by atoms with E-state index in [9.17, 15) is 23.1 Å².